The molecule has 6 nitrogen and oxygen atoms in total. The molecule has 0 radical (unpaired) electrons. The number of hydrogen-bond donors (Lipinski definition) is 2. The Bertz CT molecular complexity index is 925. The van der Waals surface area contributed by atoms with E-state index >= 15 is 0 Å². The van der Waals surface area contributed by atoms with Gasteiger partial charge in [0.05, 0.1) is 42.5 Å². The molecule has 2 aromatic rings. The van der Waals surface area contributed by atoms with E-state index in [9.17, 15) is 15.2 Å². The topological polar surface area (TPSA) is 95.3 Å². The number of aromatic amines is 1. The zero-order chi connectivity index (χ0) is 19.8. The number of nitriles is 1. The van der Waals surface area contributed by atoms with Gasteiger partial charge in [0.25, 0.3) is 0 Å². The minimum absolute atomic E-state index is 0.0634. The minimum atomic E-state index is -0.831. The van der Waals surface area contributed by atoms with Crippen LogP contribution < -0.4 is 0 Å². The van der Waals surface area contributed by atoms with Gasteiger partial charge in [0.2, 0.25) is 0 Å². The van der Waals surface area contributed by atoms with Crippen molar-refractivity contribution in [2.75, 3.05) is 13.2 Å². The van der Waals surface area contributed by atoms with Crippen LogP contribution in [0.4, 0.5) is 0 Å². The number of ether oxygens (including phenoxy) is 2. The molecule has 0 amide bonds. The summed E-state index contributed by atoms with van der Waals surface area (Å²) >= 11 is 0. The quantitative estimate of drug-likeness (QED) is 0.780. The molecule has 2 heterocycles. The Balaban J connectivity index is 2.29. The number of phenolic OH excluding ortho intramolecular Hbond substituents is 1. The predicted molar refractivity (Wildman–Crippen MR) is 101 cm³/mol. The maximum atomic E-state index is 12.4. The Morgan fingerprint density at radius 3 is 2.89 bits per heavy atom. The van der Waals surface area contributed by atoms with E-state index in [0.717, 1.165) is 28.6 Å². The van der Waals surface area contributed by atoms with Crippen molar-refractivity contribution in [3.63, 3.8) is 0 Å². The number of phenols is 1. The van der Waals surface area contributed by atoms with Crippen LogP contribution in [-0.4, -0.2) is 29.3 Å². The molecular formula is C21H26N2O4. The van der Waals surface area contributed by atoms with E-state index < -0.39 is 5.60 Å². The van der Waals surface area contributed by atoms with Crippen LogP contribution in [0.25, 0.3) is 10.9 Å². The highest BCUT2D eigenvalue weighted by Gasteiger charge is 2.46. The zero-order valence-electron chi connectivity index (χ0n) is 16.3. The third-order valence-corrected chi connectivity index (χ3v) is 5.79. The number of benzene rings is 1. The fourth-order valence-corrected chi connectivity index (χ4v) is 4.13. The second-order valence-corrected chi connectivity index (χ2v) is 7.19. The summed E-state index contributed by atoms with van der Waals surface area (Å²) in [5.74, 6) is -0.157. The number of aromatic hydroxyl groups is 1. The van der Waals surface area contributed by atoms with E-state index in [1.165, 1.54) is 6.07 Å². The van der Waals surface area contributed by atoms with Gasteiger partial charge in [-0.05, 0) is 37.8 Å². The van der Waals surface area contributed by atoms with E-state index in [2.05, 4.69) is 24.9 Å². The number of nitrogens with one attached hydrogen (secondary N) is 1. The highest BCUT2D eigenvalue weighted by atomic mass is 16.5. The summed E-state index contributed by atoms with van der Waals surface area (Å²) in [5, 5.41) is 20.6. The molecule has 0 aliphatic carbocycles. The first-order chi connectivity index (χ1) is 12.9. The molecule has 0 saturated heterocycles. The van der Waals surface area contributed by atoms with E-state index in [1.807, 2.05) is 6.92 Å². The van der Waals surface area contributed by atoms with E-state index in [0.29, 0.717) is 30.8 Å². The fraction of sp³-hybridized carbons (Fsp3) is 0.524. The van der Waals surface area contributed by atoms with Crippen molar-refractivity contribution in [3.8, 4) is 11.8 Å². The summed E-state index contributed by atoms with van der Waals surface area (Å²) in [5.41, 5.74) is 2.85. The molecule has 2 atom stereocenters. The summed E-state index contributed by atoms with van der Waals surface area (Å²) in [6.45, 7) is 8.52. The van der Waals surface area contributed by atoms with Crippen LogP contribution in [0.3, 0.4) is 0 Å². The Labute approximate surface area is 159 Å². The first-order valence-electron chi connectivity index (χ1n) is 9.46. The number of nitrogens with zero attached hydrogens (tertiary/aromatic N) is 1. The average molecular weight is 370 g/mol. The van der Waals surface area contributed by atoms with Gasteiger partial charge in [-0.2, -0.15) is 5.26 Å². The molecule has 144 valence electrons. The molecule has 0 bridgehead atoms. The van der Waals surface area contributed by atoms with E-state index in [1.54, 1.807) is 6.92 Å². The van der Waals surface area contributed by atoms with Gasteiger partial charge >= 0.3 is 5.97 Å². The van der Waals surface area contributed by atoms with Crippen molar-refractivity contribution in [1.82, 2.24) is 4.98 Å². The fourth-order valence-electron chi connectivity index (χ4n) is 4.13. The van der Waals surface area contributed by atoms with Crippen LogP contribution in [0.15, 0.2) is 6.07 Å². The number of aryl methyl sites for hydroxylation is 1. The van der Waals surface area contributed by atoms with Crippen LogP contribution in [0.2, 0.25) is 0 Å². The summed E-state index contributed by atoms with van der Waals surface area (Å²) in [4.78, 5) is 15.8. The van der Waals surface area contributed by atoms with E-state index in [4.69, 9.17) is 9.47 Å². The molecule has 0 fully saturated rings. The number of esters is 1. The maximum Gasteiger partial charge on any atom is 0.309 e. The number of hydrogen-bond acceptors (Lipinski definition) is 5. The van der Waals surface area contributed by atoms with Gasteiger partial charge in [-0.25, -0.2) is 0 Å². The van der Waals surface area contributed by atoms with Crippen LogP contribution in [0.5, 0.6) is 5.75 Å². The van der Waals surface area contributed by atoms with Crippen LogP contribution >= 0.6 is 0 Å². The van der Waals surface area contributed by atoms with Crippen LogP contribution in [0.1, 0.15) is 56.0 Å². The Kier molecular flexibility index (Phi) is 5.16. The van der Waals surface area contributed by atoms with Crippen molar-refractivity contribution in [2.24, 2.45) is 5.92 Å². The van der Waals surface area contributed by atoms with Crippen LogP contribution in [0, 0.1) is 24.2 Å². The van der Waals surface area contributed by atoms with Crippen molar-refractivity contribution in [1.29, 1.82) is 5.26 Å². The van der Waals surface area contributed by atoms with Crippen molar-refractivity contribution in [2.45, 2.75) is 52.6 Å². The number of H-pyrrole nitrogens is 1. The third kappa shape index (κ3) is 2.96. The van der Waals surface area contributed by atoms with Crippen molar-refractivity contribution in [3.05, 3.63) is 28.5 Å². The summed E-state index contributed by atoms with van der Waals surface area (Å²) < 4.78 is 11.5. The SMILES string of the molecule is CCOC(=O)CC1(C(C)CC)OCCc2c1[nH]c1c(C)c(O)cc(C#N)c21. The number of fused-ring (bicyclic) bond motifs is 3. The van der Waals surface area contributed by atoms with Crippen molar-refractivity contribution >= 4 is 16.9 Å². The van der Waals surface area contributed by atoms with Crippen LogP contribution in [-0.2, 0) is 26.3 Å². The molecule has 1 aromatic carbocycles. The number of carbonyl (C=O) groups is 1. The lowest BCUT2D eigenvalue weighted by molar-refractivity contribution is -0.160. The van der Waals surface area contributed by atoms with Gasteiger partial charge in [-0.3, -0.25) is 4.79 Å². The van der Waals surface area contributed by atoms with Gasteiger partial charge in [0.15, 0.2) is 0 Å². The molecular weight excluding hydrogens is 344 g/mol. The van der Waals surface area contributed by atoms with Gasteiger partial charge in [-0.1, -0.05) is 20.3 Å². The maximum absolute atomic E-state index is 12.4. The molecule has 1 aromatic heterocycles. The standard InChI is InChI=1S/C21H26N2O4/c1-5-12(3)21(10-17(25)26-6-2)20-15(7-8-27-21)18-14(11-22)9-16(24)13(4)19(18)23-20/h9,12,23-24H,5-8,10H2,1-4H3. The number of aromatic nitrogens is 1. The summed E-state index contributed by atoms with van der Waals surface area (Å²) in [6, 6.07) is 3.70. The molecule has 2 N–H and O–H groups in total. The van der Waals surface area contributed by atoms with Gasteiger partial charge in [0.1, 0.15) is 11.4 Å². The average Bonchev–Trinajstić information content (AvgIpc) is 3.05. The monoisotopic (exact) mass is 370 g/mol. The van der Waals surface area contributed by atoms with Crippen molar-refractivity contribution < 1.29 is 19.4 Å². The molecule has 27 heavy (non-hydrogen) atoms. The summed E-state index contributed by atoms with van der Waals surface area (Å²) in [6.07, 6.45) is 1.58. The van der Waals surface area contributed by atoms with Gasteiger partial charge in [0, 0.05) is 10.9 Å². The molecule has 1 aliphatic heterocycles. The Morgan fingerprint density at radius 1 is 1.52 bits per heavy atom. The summed E-state index contributed by atoms with van der Waals surface area (Å²) in [7, 11) is 0. The Hall–Kier alpha value is -2.52. The first-order valence-corrected chi connectivity index (χ1v) is 9.46. The molecule has 2 unspecified atom stereocenters. The van der Waals surface area contributed by atoms with Gasteiger partial charge in [-0.15, -0.1) is 0 Å². The lowest BCUT2D eigenvalue weighted by Gasteiger charge is -2.41. The second kappa shape index (κ2) is 7.24. The number of rotatable bonds is 5. The normalized spacial score (nSPS) is 20.1. The predicted octanol–water partition coefficient (Wildman–Crippen LogP) is 3.82. The molecule has 3 rings (SSSR count). The third-order valence-electron chi connectivity index (χ3n) is 5.79. The highest BCUT2D eigenvalue weighted by molar-refractivity contribution is 5.94. The second-order valence-electron chi connectivity index (χ2n) is 7.19. The highest BCUT2D eigenvalue weighted by Crippen LogP contribution is 2.47. The smallest absolute Gasteiger partial charge is 0.309 e. The molecule has 0 spiro atoms. The molecule has 6 heteroatoms. The minimum Gasteiger partial charge on any atom is -0.508 e. The first kappa shape index (κ1) is 19.2. The number of carbonyl (C=O) groups excluding carboxylic acids is 1. The van der Waals surface area contributed by atoms with Gasteiger partial charge < -0.3 is 19.6 Å². The zero-order valence-corrected chi connectivity index (χ0v) is 16.3. The lowest BCUT2D eigenvalue weighted by atomic mass is 9.77. The molecule has 0 saturated carbocycles. The largest absolute Gasteiger partial charge is 0.508 e. The molecule has 1 aliphatic rings. The Morgan fingerprint density at radius 2 is 2.26 bits per heavy atom. The van der Waals surface area contributed by atoms with E-state index in [-0.39, 0.29) is 24.1 Å². The lowest BCUT2D eigenvalue weighted by Crippen LogP contribution is -2.43.